The molecule has 108 heavy (non-hydrogen) atoms. The molecule has 0 spiro atoms. The van der Waals surface area contributed by atoms with Crippen LogP contribution in [0.1, 0.15) is 79.0 Å². The summed E-state index contributed by atoms with van der Waals surface area (Å²) in [6.07, 6.45) is 0. The van der Waals surface area contributed by atoms with Crippen LogP contribution in [-0.4, -0.2) is 0 Å². The third-order valence-corrected chi connectivity index (χ3v) is 20.1. The Hall–Kier alpha value is -12.9. The first-order valence-corrected chi connectivity index (χ1v) is 37.5. The fraction of sp³-hybridized carbons (Fsp3) is 0.118. The standard InChI is InChI=1S/C102H91N5O/c1-100(2,3)77-61-55-74(56-62-77)94-49-28-31-52-97(94)105(84-43-24-14-25-44-84)90-70-91(106(85-45-26-15-27-46-85)98-53-32-29-50-95(98)75-57-63-78(64-58-75)101(4,5)6)73-93(72-90)108-92-48-34-47-86(71-92)107(99-54-33-30-51-96(99)76-59-65-79(66-60-76)102(7,8)9)89-68-87(103(80-35-16-10-17-36-80)81-37-18-11-19-38-81)67-88(69-89)104(82-39-20-12-21-40-82)83-41-22-13-23-42-83/h10-73H,1-9H3. The summed E-state index contributed by atoms with van der Waals surface area (Å²) in [6.45, 7) is 20.4. The molecule has 0 aliphatic rings. The molecule has 0 fully saturated rings. The molecule has 0 aromatic heterocycles. The van der Waals surface area contributed by atoms with Gasteiger partial charge in [-0.15, -0.1) is 0 Å². The molecular weight excluding hydrogens is 1310 g/mol. The number of benzene rings is 15. The van der Waals surface area contributed by atoms with E-state index >= 15 is 0 Å². The van der Waals surface area contributed by atoms with Crippen LogP contribution < -0.4 is 29.2 Å². The predicted molar refractivity (Wildman–Crippen MR) is 459 cm³/mol. The second-order valence-corrected chi connectivity index (χ2v) is 30.7. The average molecular weight is 1400 g/mol. The van der Waals surface area contributed by atoms with Crippen molar-refractivity contribution in [1.29, 1.82) is 0 Å². The van der Waals surface area contributed by atoms with Crippen LogP contribution in [0.15, 0.2) is 388 Å². The van der Waals surface area contributed by atoms with Crippen LogP contribution in [0.3, 0.4) is 0 Å². The van der Waals surface area contributed by atoms with Gasteiger partial charge in [-0.05, 0) is 177 Å². The molecule has 0 aliphatic heterocycles. The van der Waals surface area contributed by atoms with E-state index in [-0.39, 0.29) is 16.2 Å². The predicted octanol–water partition coefficient (Wildman–Crippen LogP) is 29.7. The Kier molecular flexibility index (Phi) is 20.1. The lowest BCUT2D eigenvalue weighted by Gasteiger charge is -2.33. The molecule has 15 rings (SSSR count). The first kappa shape index (κ1) is 70.7. The lowest BCUT2D eigenvalue weighted by atomic mass is 9.86. The summed E-state index contributed by atoms with van der Waals surface area (Å²) in [4.78, 5) is 11.9. The number of anilines is 15. The van der Waals surface area contributed by atoms with Gasteiger partial charge in [0, 0.05) is 74.7 Å². The highest BCUT2D eigenvalue weighted by Crippen LogP contribution is 2.52. The summed E-state index contributed by atoms with van der Waals surface area (Å²) >= 11 is 0. The zero-order valence-corrected chi connectivity index (χ0v) is 63.1. The van der Waals surface area contributed by atoms with Crippen molar-refractivity contribution >= 4 is 85.3 Å². The van der Waals surface area contributed by atoms with Crippen LogP contribution in [0.2, 0.25) is 0 Å². The van der Waals surface area contributed by atoms with E-state index in [1.54, 1.807) is 0 Å². The molecule has 0 radical (unpaired) electrons. The van der Waals surface area contributed by atoms with Gasteiger partial charge in [-0.1, -0.05) is 305 Å². The number of rotatable bonds is 20. The second-order valence-electron chi connectivity index (χ2n) is 30.7. The quantitative estimate of drug-likeness (QED) is 0.0754. The lowest BCUT2D eigenvalue weighted by Crippen LogP contribution is -2.16. The van der Waals surface area contributed by atoms with E-state index < -0.39 is 0 Å². The van der Waals surface area contributed by atoms with Gasteiger partial charge in [0.1, 0.15) is 11.5 Å². The Bertz CT molecular complexity index is 5180. The zero-order valence-electron chi connectivity index (χ0n) is 63.1. The van der Waals surface area contributed by atoms with Crippen molar-refractivity contribution in [3.63, 3.8) is 0 Å². The molecule has 0 N–H and O–H groups in total. The number of hydrogen-bond donors (Lipinski definition) is 0. The summed E-state index contributed by atoms with van der Waals surface area (Å²) in [6, 6.07) is 140. The first-order chi connectivity index (χ1) is 52.5. The number of hydrogen-bond acceptors (Lipinski definition) is 6. The number of nitrogens with zero attached hydrogens (tertiary/aromatic N) is 5. The molecule has 15 aromatic carbocycles. The average Bonchev–Trinajstić information content (AvgIpc) is 0.762. The smallest absolute Gasteiger partial charge is 0.131 e. The molecule has 0 aliphatic carbocycles. The van der Waals surface area contributed by atoms with E-state index in [4.69, 9.17) is 4.74 Å². The molecule has 0 heterocycles. The van der Waals surface area contributed by atoms with Crippen LogP contribution in [0.4, 0.5) is 85.3 Å². The minimum atomic E-state index is -0.0408. The van der Waals surface area contributed by atoms with Gasteiger partial charge in [0.25, 0.3) is 0 Å². The molecule has 0 unspecified atom stereocenters. The maximum Gasteiger partial charge on any atom is 0.131 e. The van der Waals surface area contributed by atoms with E-state index in [0.717, 1.165) is 119 Å². The van der Waals surface area contributed by atoms with Gasteiger partial charge >= 0.3 is 0 Å². The van der Waals surface area contributed by atoms with Crippen LogP contribution in [-0.2, 0) is 16.2 Å². The summed E-state index contributed by atoms with van der Waals surface area (Å²) in [5.41, 5.74) is 25.0. The third-order valence-electron chi connectivity index (χ3n) is 20.1. The molecule has 0 amide bonds. The Morgan fingerprint density at radius 3 is 0.685 bits per heavy atom. The largest absolute Gasteiger partial charge is 0.457 e. The maximum atomic E-state index is 7.70. The van der Waals surface area contributed by atoms with Crippen LogP contribution >= 0.6 is 0 Å². The van der Waals surface area contributed by atoms with Gasteiger partial charge in [0.15, 0.2) is 0 Å². The van der Waals surface area contributed by atoms with Crippen molar-refractivity contribution < 1.29 is 4.74 Å². The van der Waals surface area contributed by atoms with Crippen molar-refractivity contribution in [2.45, 2.75) is 78.6 Å². The fourth-order valence-corrected chi connectivity index (χ4v) is 14.5. The highest BCUT2D eigenvalue weighted by atomic mass is 16.5. The topological polar surface area (TPSA) is 25.4 Å². The molecule has 6 heteroatoms. The monoisotopic (exact) mass is 1400 g/mol. The maximum absolute atomic E-state index is 7.70. The Labute approximate surface area is 639 Å². The van der Waals surface area contributed by atoms with Crippen molar-refractivity contribution in [3.05, 3.63) is 405 Å². The number of ether oxygens (including phenoxy) is 1. The third kappa shape index (κ3) is 15.4. The fourth-order valence-electron chi connectivity index (χ4n) is 14.5. The number of para-hydroxylation sites is 9. The minimum absolute atomic E-state index is 0.0140. The van der Waals surface area contributed by atoms with Gasteiger partial charge in [-0.2, -0.15) is 0 Å². The van der Waals surface area contributed by atoms with E-state index in [1.165, 1.54) is 16.7 Å². The van der Waals surface area contributed by atoms with Crippen molar-refractivity contribution in [2.24, 2.45) is 0 Å². The lowest BCUT2D eigenvalue weighted by molar-refractivity contribution is 0.483. The first-order valence-electron chi connectivity index (χ1n) is 37.5. The van der Waals surface area contributed by atoms with Gasteiger partial charge < -0.3 is 29.2 Å². The highest BCUT2D eigenvalue weighted by molar-refractivity contribution is 5.96. The van der Waals surface area contributed by atoms with Gasteiger partial charge in [-0.25, -0.2) is 0 Å². The molecule has 530 valence electrons. The van der Waals surface area contributed by atoms with E-state index in [1.807, 2.05) is 0 Å². The van der Waals surface area contributed by atoms with E-state index in [0.29, 0.717) is 11.5 Å². The van der Waals surface area contributed by atoms with Crippen LogP contribution in [0, 0.1) is 0 Å². The Morgan fingerprint density at radius 2 is 0.398 bits per heavy atom. The molecule has 0 bridgehead atoms. The van der Waals surface area contributed by atoms with Gasteiger partial charge in [-0.3, -0.25) is 0 Å². The summed E-state index contributed by atoms with van der Waals surface area (Å²) in [5.74, 6) is 1.28. The normalized spacial score (nSPS) is 11.6. The second kappa shape index (κ2) is 30.7. The highest BCUT2D eigenvalue weighted by Gasteiger charge is 2.28. The summed E-state index contributed by atoms with van der Waals surface area (Å²) < 4.78 is 7.70. The molecule has 0 saturated carbocycles. The SMILES string of the molecule is CC(C)(C)c1ccc(-c2ccccc2N(c2cccc(Oc3cc(N(c4ccccc4)c4ccccc4-c4ccc(C(C)(C)C)cc4)cc(N(c4ccccc4)c4ccccc4-c4ccc(C(C)(C)C)cc4)c3)c2)c2cc(N(c3ccccc3)c3ccccc3)cc(N(c3ccccc3)c3ccccc3)c2)cc1. The summed E-state index contributed by atoms with van der Waals surface area (Å²) in [7, 11) is 0. The van der Waals surface area contributed by atoms with E-state index in [9.17, 15) is 0 Å². The molecule has 0 saturated heterocycles. The summed E-state index contributed by atoms with van der Waals surface area (Å²) in [5, 5.41) is 0. The van der Waals surface area contributed by atoms with Crippen LogP contribution in [0.25, 0.3) is 33.4 Å². The molecule has 0 atom stereocenters. The van der Waals surface area contributed by atoms with Gasteiger partial charge in [0.2, 0.25) is 0 Å². The Morgan fingerprint density at radius 1 is 0.176 bits per heavy atom. The Balaban J connectivity index is 0.967. The molecular formula is C102H91N5O. The minimum Gasteiger partial charge on any atom is -0.457 e. The van der Waals surface area contributed by atoms with Crippen LogP contribution in [0.5, 0.6) is 11.5 Å². The molecule has 6 nitrogen and oxygen atoms in total. The van der Waals surface area contributed by atoms with E-state index in [2.05, 4.69) is 475 Å². The van der Waals surface area contributed by atoms with Gasteiger partial charge in [0.05, 0.1) is 45.5 Å². The van der Waals surface area contributed by atoms with Crippen molar-refractivity contribution in [2.75, 3.05) is 24.5 Å². The molecule has 15 aromatic rings. The van der Waals surface area contributed by atoms with Crippen molar-refractivity contribution in [1.82, 2.24) is 0 Å². The van der Waals surface area contributed by atoms with Crippen molar-refractivity contribution in [3.8, 4) is 44.9 Å². The zero-order chi connectivity index (χ0) is 74.4.